The van der Waals surface area contributed by atoms with Crippen LogP contribution in [0.15, 0.2) is 41.3 Å². The minimum atomic E-state index is -0.921. The number of carbonyl (C=O) groups is 1. The maximum Gasteiger partial charge on any atom is 0.404 e. The fourth-order valence-corrected chi connectivity index (χ4v) is 4.51. The van der Waals surface area contributed by atoms with Gasteiger partial charge in [0.2, 0.25) is 0 Å². The van der Waals surface area contributed by atoms with Crippen LogP contribution in [-0.4, -0.2) is 47.4 Å². The number of hydrogen-bond acceptors (Lipinski definition) is 5. The number of nitrogens with one attached hydrogen (secondary N) is 2. The Morgan fingerprint density at radius 2 is 1.89 bits per heavy atom. The first-order valence-electron chi connectivity index (χ1n) is 10.2. The molecule has 4 rings (SSSR count). The van der Waals surface area contributed by atoms with Crippen molar-refractivity contribution in [1.82, 2.24) is 15.6 Å². The Labute approximate surface area is 165 Å². The Morgan fingerprint density at radius 1 is 1.11 bits per heavy atom. The van der Waals surface area contributed by atoms with Crippen LogP contribution >= 0.6 is 0 Å². The molecule has 2 fully saturated rings. The van der Waals surface area contributed by atoms with Crippen molar-refractivity contribution in [2.75, 3.05) is 18.0 Å². The van der Waals surface area contributed by atoms with E-state index in [1.807, 2.05) is 0 Å². The SMILES string of the molecule is O=C(O)N[C@@H]1CCCC[C@H]1N[C@H]1CCCN(c2ccc(-c3cnco3)cc2)C1. The molecule has 1 aromatic heterocycles. The molecular weight excluding hydrogens is 356 g/mol. The van der Waals surface area contributed by atoms with Crippen molar-refractivity contribution >= 4 is 11.8 Å². The van der Waals surface area contributed by atoms with Gasteiger partial charge in [-0.3, -0.25) is 0 Å². The Morgan fingerprint density at radius 3 is 2.61 bits per heavy atom. The Kier molecular flexibility index (Phi) is 5.81. The quantitative estimate of drug-likeness (QED) is 0.731. The van der Waals surface area contributed by atoms with Crippen molar-refractivity contribution in [3.63, 3.8) is 0 Å². The molecule has 1 amide bonds. The summed E-state index contributed by atoms with van der Waals surface area (Å²) in [5.41, 5.74) is 2.23. The molecular formula is C21H28N4O3. The third-order valence-electron chi connectivity index (χ3n) is 5.90. The van der Waals surface area contributed by atoms with Crippen LogP contribution in [0.25, 0.3) is 11.3 Å². The third-order valence-corrected chi connectivity index (χ3v) is 5.90. The summed E-state index contributed by atoms with van der Waals surface area (Å²) >= 11 is 0. The smallest absolute Gasteiger partial charge is 0.404 e. The summed E-state index contributed by atoms with van der Waals surface area (Å²) in [6.45, 7) is 1.99. The number of oxazole rings is 1. The molecule has 0 bridgehead atoms. The number of carboxylic acid groups (broad SMARTS) is 1. The third kappa shape index (κ3) is 4.47. The molecule has 7 nitrogen and oxygen atoms in total. The predicted octanol–water partition coefficient (Wildman–Crippen LogP) is 3.48. The predicted molar refractivity (Wildman–Crippen MR) is 108 cm³/mol. The Balaban J connectivity index is 1.38. The number of nitrogens with zero attached hydrogens (tertiary/aromatic N) is 2. The highest BCUT2D eigenvalue weighted by Gasteiger charge is 2.30. The van der Waals surface area contributed by atoms with E-state index >= 15 is 0 Å². The lowest BCUT2D eigenvalue weighted by molar-refractivity contribution is 0.176. The fraction of sp³-hybridized carbons (Fsp3) is 0.524. The fourth-order valence-electron chi connectivity index (χ4n) is 4.51. The van der Waals surface area contributed by atoms with Crippen LogP contribution in [0.3, 0.4) is 0 Å². The van der Waals surface area contributed by atoms with Crippen molar-refractivity contribution < 1.29 is 14.3 Å². The van der Waals surface area contributed by atoms with E-state index in [2.05, 4.69) is 44.8 Å². The molecule has 0 unspecified atom stereocenters. The average Bonchev–Trinajstić information content (AvgIpc) is 3.24. The summed E-state index contributed by atoms with van der Waals surface area (Å²) in [5.74, 6) is 0.777. The van der Waals surface area contributed by atoms with Crippen molar-refractivity contribution in [2.24, 2.45) is 0 Å². The highest BCUT2D eigenvalue weighted by atomic mass is 16.4. The zero-order valence-electron chi connectivity index (χ0n) is 16.0. The van der Waals surface area contributed by atoms with Gasteiger partial charge in [0.15, 0.2) is 12.2 Å². The van der Waals surface area contributed by atoms with Crippen LogP contribution in [0.4, 0.5) is 10.5 Å². The number of anilines is 1. The number of piperidine rings is 1. The van der Waals surface area contributed by atoms with Crippen molar-refractivity contribution in [3.05, 3.63) is 36.9 Å². The topological polar surface area (TPSA) is 90.6 Å². The molecule has 1 saturated carbocycles. The van der Waals surface area contributed by atoms with Gasteiger partial charge in [-0.1, -0.05) is 12.8 Å². The zero-order chi connectivity index (χ0) is 19.3. The first-order valence-corrected chi connectivity index (χ1v) is 10.2. The van der Waals surface area contributed by atoms with Gasteiger partial charge in [-0.05, 0) is 49.9 Å². The molecule has 1 aromatic carbocycles. The lowest BCUT2D eigenvalue weighted by Gasteiger charge is -2.40. The maximum atomic E-state index is 11.1. The summed E-state index contributed by atoms with van der Waals surface area (Å²) in [4.78, 5) is 17.5. The first kappa shape index (κ1) is 18.8. The van der Waals surface area contributed by atoms with Crippen molar-refractivity contribution in [1.29, 1.82) is 0 Å². The van der Waals surface area contributed by atoms with Gasteiger partial charge in [0.25, 0.3) is 0 Å². The lowest BCUT2D eigenvalue weighted by Crippen LogP contribution is -2.57. The van der Waals surface area contributed by atoms with E-state index in [-0.39, 0.29) is 12.1 Å². The summed E-state index contributed by atoms with van der Waals surface area (Å²) in [5, 5.41) is 15.6. The van der Waals surface area contributed by atoms with Crippen molar-refractivity contribution in [3.8, 4) is 11.3 Å². The van der Waals surface area contributed by atoms with Gasteiger partial charge in [0, 0.05) is 42.5 Å². The first-order chi connectivity index (χ1) is 13.7. The van der Waals surface area contributed by atoms with E-state index in [1.165, 1.54) is 12.1 Å². The van der Waals surface area contributed by atoms with Crippen LogP contribution in [-0.2, 0) is 0 Å². The second-order valence-corrected chi connectivity index (χ2v) is 7.81. The summed E-state index contributed by atoms with van der Waals surface area (Å²) < 4.78 is 5.36. The molecule has 7 heteroatoms. The molecule has 2 aromatic rings. The molecule has 1 aliphatic carbocycles. The molecule has 3 atom stereocenters. The summed E-state index contributed by atoms with van der Waals surface area (Å²) in [6.07, 6.45) is 8.72. The molecule has 3 N–H and O–H groups in total. The van der Waals surface area contributed by atoms with Crippen LogP contribution < -0.4 is 15.5 Å². The minimum Gasteiger partial charge on any atom is -0.465 e. The van der Waals surface area contributed by atoms with Gasteiger partial charge in [-0.15, -0.1) is 0 Å². The number of amides is 1. The second kappa shape index (κ2) is 8.65. The van der Waals surface area contributed by atoms with Crippen LogP contribution in [0.5, 0.6) is 0 Å². The van der Waals surface area contributed by atoms with Crippen molar-refractivity contribution in [2.45, 2.75) is 56.7 Å². The van der Waals surface area contributed by atoms with Crippen LogP contribution in [0.2, 0.25) is 0 Å². The number of hydrogen-bond donors (Lipinski definition) is 3. The number of rotatable bonds is 5. The molecule has 2 heterocycles. The highest BCUT2D eigenvalue weighted by molar-refractivity contribution is 5.65. The van der Waals surface area contributed by atoms with Gasteiger partial charge in [-0.25, -0.2) is 9.78 Å². The second-order valence-electron chi connectivity index (χ2n) is 7.81. The van der Waals surface area contributed by atoms with Crippen LogP contribution in [0.1, 0.15) is 38.5 Å². The summed E-state index contributed by atoms with van der Waals surface area (Å²) in [6, 6.07) is 9.03. The van der Waals surface area contributed by atoms with E-state index in [0.29, 0.717) is 6.04 Å². The normalized spacial score (nSPS) is 25.4. The molecule has 0 radical (unpaired) electrons. The molecule has 1 aliphatic heterocycles. The van der Waals surface area contributed by atoms with Gasteiger partial charge in [-0.2, -0.15) is 0 Å². The summed E-state index contributed by atoms with van der Waals surface area (Å²) in [7, 11) is 0. The van der Waals surface area contributed by atoms with Crippen LogP contribution in [0, 0.1) is 0 Å². The molecule has 0 spiro atoms. The highest BCUT2D eigenvalue weighted by Crippen LogP contribution is 2.26. The van der Waals surface area contributed by atoms with Gasteiger partial charge < -0.3 is 25.1 Å². The molecule has 28 heavy (non-hydrogen) atoms. The van der Waals surface area contributed by atoms with E-state index in [4.69, 9.17) is 9.52 Å². The molecule has 150 valence electrons. The number of aromatic nitrogens is 1. The standard InChI is InChI=1S/C21H28N4O3/c26-21(27)24-19-6-2-1-5-18(19)23-16-4-3-11-25(13-16)17-9-7-15(8-10-17)20-12-22-14-28-20/h7-10,12,14,16,18-19,23-24H,1-6,11,13H2,(H,26,27)/t16-,18+,19+/m0/s1. The van der Waals surface area contributed by atoms with E-state index in [1.54, 1.807) is 6.20 Å². The van der Waals surface area contributed by atoms with Gasteiger partial charge in [0.05, 0.1) is 6.20 Å². The van der Waals surface area contributed by atoms with E-state index in [9.17, 15) is 4.79 Å². The van der Waals surface area contributed by atoms with Gasteiger partial charge >= 0.3 is 6.09 Å². The van der Waals surface area contributed by atoms with E-state index in [0.717, 1.165) is 62.9 Å². The minimum absolute atomic E-state index is 0.0165. The Bertz CT molecular complexity index is 762. The average molecular weight is 384 g/mol. The number of benzene rings is 1. The van der Waals surface area contributed by atoms with E-state index < -0.39 is 6.09 Å². The zero-order valence-corrected chi connectivity index (χ0v) is 16.0. The lowest BCUT2D eigenvalue weighted by atomic mass is 9.89. The monoisotopic (exact) mass is 384 g/mol. The molecule has 2 aliphatic rings. The maximum absolute atomic E-state index is 11.1. The Hall–Kier alpha value is -2.54. The molecule has 1 saturated heterocycles. The van der Waals surface area contributed by atoms with Gasteiger partial charge in [0.1, 0.15) is 0 Å². The largest absolute Gasteiger partial charge is 0.465 e.